The SMILES string of the molecule is C/C=C/C1CCC(C#Cc2cccc3c(F)c(OCC(F)(F)F)c(F)cc23)CC1. The number of benzene rings is 2. The summed E-state index contributed by atoms with van der Waals surface area (Å²) in [6.45, 7) is 0.242. The lowest BCUT2D eigenvalue weighted by Gasteiger charge is -2.23. The van der Waals surface area contributed by atoms with Crippen LogP contribution in [-0.4, -0.2) is 12.8 Å². The summed E-state index contributed by atoms with van der Waals surface area (Å²) in [5.74, 6) is 3.64. The summed E-state index contributed by atoms with van der Waals surface area (Å²) in [6.07, 6.45) is 3.62. The van der Waals surface area contributed by atoms with Gasteiger partial charge in [-0.25, -0.2) is 8.78 Å². The molecule has 0 amide bonds. The van der Waals surface area contributed by atoms with E-state index in [1.54, 1.807) is 12.1 Å². The van der Waals surface area contributed by atoms with E-state index < -0.39 is 30.2 Å². The monoisotopic (exact) mass is 408 g/mol. The Labute approximate surface area is 166 Å². The van der Waals surface area contributed by atoms with Gasteiger partial charge in [0.2, 0.25) is 0 Å². The van der Waals surface area contributed by atoms with Crippen LogP contribution in [0.3, 0.4) is 0 Å². The minimum Gasteiger partial charge on any atom is -0.478 e. The highest BCUT2D eigenvalue weighted by molar-refractivity contribution is 5.90. The van der Waals surface area contributed by atoms with Crippen molar-refractivity contribution in [3.05, 3.63) is 53.6 Å². The third-order valence-electron chi connectivity index (χ3n) is 5.06. The zero-order chi connectivity index (χ0) is 21.0. The van der Waals surface area contributed by atoms with Crippen LogP contribution in [0.5, 0.6) is 5.75 Å². The molecule has 0 N–H and O–H groups in total. The molecule has 0 aliphatic heterocycles. The van der Waals surface area contributed by atoms with Crippen molar-refractivity contribution in [3.8, 4) is 17.6 Å². The first-order chi connectivity index (χ1) is 13.8. The van der Waals surface area contributed by atoms with Gasteiger partial charge in [-0.1, -0.05) is 36.1 Å². The van der Waals surface area contributed by atoms with E-state index in [4.69, 9.17) is 0 Å². The second kappa shape index (κ2) is 8.86. The van der Waals surface area contributed by atoms with Gasteiger partial charge in [0, 0.05) is 22.3 Å². The largest absolute Gasteiger partial charge is 0.478 e. The average molecular weight is 408 g/mol. The third kappa shape index (κ3) is 5.29. The van der Waals surface area contributed by atoms with Crippen molar-refractivity contribution in [1.82, 2.24) is 0 Å². The van der Waals surface area contributed by atoms with Gasteiger partial charge in [0.25, 0.3) is 0 Å². The Kier molecular flexibility index (Phi) is 6.46. The number of fused-ring (bicyclic) bond motifs is 1. The molecule has 1 saturated carbocycles. The maximum absolute atomic E-state index is 14.6. The molecule has 2 aromatic carbocycles. The zero-order valence-corrected chi connectivity index (χ0v) is 16.0. The summed E-state index contributed by atoms with van der Waals surface area (Å²) in [6, 6.07) is 5.55. The number of alkyl halides is 3. The predicted octanol–water partition coefficient (Wildman–Crippen LogP) is 6.79. The van der Waals surface area contributed by atoms with Gasteiger partial charge in [-0.3, -0.25) is 0 Å². The van der Waals surface area contributed by atoms with E-state index in [0.29, 0.717) is 11.5 Å². The number of rotatable bonds is 3. The summed E-state index contributed by atoms with van der Waals surface area (Å²) >= 11 is 0. The molecule has 0 radical (unpaired) electrons. The Morgan fingerprint density at radius 2 is 1.83 bits per heavy atom. The highest BCUT2D eigenvalue weighted by Crippen LogP contribution is 2.33. The van der Waals surface area contributed by atoms with Crippen LogP contribution in [0.2, 0.25) is 0 Å². The maximum Gasteiger partial charge on any atom is 0.422 e. The van der Waals surface area contributed by atoms with Crippen LogP contribution in [0.25, 0.3) is 10.8 Å². The van der Waals surface area contributed by atoms with Crippen LogP contribution in [-0.2, 0) is 0 Å². The minimum absolute atomic E-state index is 0.0211. The second-order valence-electron chi connectivity index (χ2n) is 7.21. The van der Waals surface area contributed by atoms with Crippen LogP contribution in [0.1, 0.15) is 38.2 Å². The Bertz CT molecular complexity index is 957. The Hall–Kier alpha value is -2.55. The van der Waals surface area contributed by atoms with Crippen LogP contribution in [0.4, 0.5) is 22.0 Å². The molecule has 6 heteroatoms. The Morgan fingerprint density at radius 3 is 2.48 bits per heavy atom. The lowest BCUT2D eigenvalue weighted by Crippen LogP contribution is -2.20. The smallest absolute Gasteiger partial charge is 0.422 e. The number of hydrogen-bond donors (Lipinski definition) is 0. The molecule has 0 aromatic heterocycles. The molecular formula is C23H21F5O. The van der Waals surface area contributed by atoms with Crippen molar-refractivity contribution in [2.75, 3.05) is 6.61 Å². The van der Waals surface area contributed by atoms with Crippen molar-refractivity contribution in [2.45, 2.75) is 38.8 Å². The first-order valence-electron chi connectivity index (χ1n) is 9.53. The number of halogens is 5. The minimum atomic E-state index is -4.69. The molecule has 1 aliphatic rings. The van der Waals surface area contributed by atoms with Crippen molar-refractivity contribution in [1.29, 1.82) is 0 Å². The zero-order valence-electron chi connectivity index (χ0n) is 16.0. The van der Waals surface area contributed by atoms with Crippen LogP contribution >= 0.6 is 0 Å². The second-order valence-corrected chi connectivity index (χ2v) is 7.21. The molecule has 2 aromatic rings. The fourth-order valence-electron chi connectivity index (χ4n) is 3.63. The fraction of sp³-hybridized carbons (Fsp3) is 0.391. The van der Waals surface area contributed by atoms with Gasteiger partial charge in [-0.15, -0.1) is 0 Å². The summed E-state index contributed by atoms with van der Waals surface area (Å²) in [4.78, 5) is 0. The normalized spacial score (nSPS) is 19.9. The highest BCUT2D eigenvalue weighted by atomic mass is 19.4. The summed E-state index contributed by atoms with van der Waals surface area (Å²) in [7, 11) is 0. The maximum atomic E-state index is 14.6. The molecule has 0 saturated heterocycles. The molecular weight excluding hydrogens is 387 g/mol. The van der Waals surface area contributed by atoms with E-state index in [9.17, 15) is 22.0 Å². The topological polar surface area (TPSA) is 9.23 Å². The standard InChI is InChI=1S/C23H21F5O/c1-2-4-15-7-9-16(10-8-15)11-12-17-5-3-6-18-19(17)13-20(24)22(21(18)25)29-14-23(26,27)28/h2-6,13,15-16H,7-10,14H2,1H3/b4-2+. The van der Waals surface area contributed by atoms with Gasteiger partial charge < -0.3 is 4.74 Å². The van der Waals surface area contributed by atoms with Crippen LogP contribution in [0.15, 0.2) is 36.4 Å². The van der Waals surface area contributed by atoms with Gasteiger partial charge in [-0.2, -0.15) is 13.2 Å². The van der Waals surface area contributed by atoms with E-state index in [1.165, 1.54) is 6.07 Å². The molecule has 0 unspecified atom stereocenters. The van der Waals surface area contributed by atoms with E-state index in [2.05, 4.69) is 28.7 Å². The lowest BCUT2D eigenvalue weighted by atomic mass is 9.82. The van der Waals surface area contributed by atoms with Crippen LogP contribution < -0.4 is 4.74 Å². The molecule has 0 heterocycles. The van der Waals surface area contributed by atoms with E-state index in [0.717, 1.165) is 31.7 Å². The lowest BCUT2D eigenvalue weighted by molar-refractivity contribution is -0.154. The van der Waals surface area contributed by atoms with Gasteiger partial charge in [-0.05, 0) is 50.7 Å². The Balaban J connectivity index is 1.86. The first kappa shape index (κ1) is 21.2. The summed E-state index contributed by atoms with van der Waals surface area (Å²) < 4.78 is 70.2. The number of allylic oxidation sites excluding steroid dienone is 2. The molecule has 3 rings (SSSR count). The summed E-state index contributed by atoms with van der Waals surface area (Å²) in [5, 5.41) is 0.198. The van der Waals surface area contributed by atoms with E-state index in [1.807, 2.05) is 6.92 Å². The molecule has 0 atom stereocenters. The van der Waals surface area contributed by atoms with Gasteiger partial charge in [0.05, 0.1) is 0 Å². The van der Waals surface area contributed by atoms with Crippen molar-refractivity contribution in [3.63, 3.8) is 0 Å². The highest BCUT2D eigenvalue weighted by Gasteiger charge is 2.30. The van der Waals surface area contributed by atoms with Crippen molar-refractivity contribution in [2.24, 2.45) is 11.8 Å². The van der Waals surface area contributed by atoms with Crippen molar-refractivity contribution >= 4 is 10.8 Å². The Morgan fingerprint density at radius 1 is 1.10 bits per heavy atom. The third-order valence-corrected chi connectivity index (χ3v) is 5.06. The number of ether oxygens (including phenoxy) is 1. The van der Waals surface area contributed by atoms with E-state index >= 15 is 0 Å². The van der Waals surface area contributed by atoms with Gasteiger partial charge in [0.15, 0.2) is 24.0 Å². The molecule has 1 nitrogen and oxygen atoms in total. The molecule has 0 bridgehead atoms. The molecule has 0 spiro atoms. The van der Waals surface area contributed by atoms with Crippen LogP contribution in [0, 0.1) is 35.3 Å². The average Bonchev–Trinajstić information content (AvgIpc) is 2.67. The predicted molar refractivity (Wildman–Crippen MR) is 103 cm³/mol. The van der Waals surface area contributed by atoms with Crippen molar-refractivity contribution < 1.29 is 26.7 Å². The molecule has 154 valence electrons. The van der Waals surface area contributed by atoms with Gasteiger partial charge >= 0.3 is 6.18 Å². The summed E-state index contributed by atoms with van der Waals surface area (Å²) in [5.41, 5.74) is 0.443. The fourth-order valence-corrected chi connectivity index (χ4v) is 3.63. The molecule has 1 aliphatic carbocycles. The number of hydrogen-bond acceptors (Lipinski definition) is 1. The molecule has 29 heavy (non-hydrogen) atoms. The van der Waals surface area contributed by atoms with Gasteiger partial charge in [0.1, 0.15) is 0 Å². The quantitative estimate of drug-likeness (QED) is 0.309. The molecule has 1 fully saturated rings. The first-order valence-corrected chi connectivity index (χ1v) is 9.53. The van der Waals surface area contributed by atoms with E-state index in [-0.39, 0.29) is 16.7 Å².